The Bertz CT molecular complexity index is 283. The van der Waals surface area contributed by atoms with E-state index >= 15 is 0 Å². The molecule has 0 fully saturated rings. The number of aliphatic hydroxyl groups excluding tert-OH is 4. The van der Waals surface area contributed by atoms with Gasteiger partial charge in [0.15, 0.2) is 11.9 Å². The Labute approximate surface area is 104 Å². The molecule has 18 heavy (non-hydrogen) atoms. The van der Waals surface area contributed by atoms with E-state index in [9.17, 15) is 30.0 Å². The molecule has 5 N–H and O–H groups in total. The lowest BCUT2D eigenvalue weighted by atomic mass is 10.0. The van der Waals surface area contributed by atoms with Gasteiger partial charge in [-0.2, -0.15) is 0 Å². The van der Waals surface area contributed by atoms with E-state index in [1.807, 2.05) is 0 Å². The minimum atomic E-state index is -1.97. The van der Waals surface area contributed by atoms with Crippen LogP contribution < -0.4 is 5.32 Å². The van der Waals surface area contributed by atoms with Crippen LogP contribution in [0.5, 0.6) is 0 Å². The average molecular weight is 265 g/mol. The molecule has 0 saturated heterocycles. The molecule has 106 valence electrons. The zero-order valence-corrected chi connectivity index (χ0v) is 10.2. The predicted octanol–water partition coefficient (Wildman–Crippen LogP) is -3.22. The second kappa shape index (κ2) is 8.11. The smallest absolute Gasteiger partial charge is 0.251 e. The van der Waals surface area contributed by atoms with Gasteiger partial charge < -0.3 is 30.5 Å². The molecule has 0 bridgehead atoms. The van der Waals surface area contributed by atoms with Crippen molar-refractivity contribution in [1.82, 2.24) is 5.32 Å². The van der Waals surface area contributed by atoms with Crippen molar-refractivity contribution in [2.45, 2.75) is 31.3 Å². The van der Waals surface area contributed by atoms with Crippen LogP contribution in [0.1, 0.15) is 6.92 Å². The van der Waals surface area contributed by atoms with Crippen LogP contribution in [0.3, 0.4) is 0 Å². The number of ketones is 1. The van der Waals surface area contributed by atoms with E-state index in [0.29, 0.717) is 0 Å². The van der Waals surface area contributed by atoms with E-state index < -0.39 is 36.1 Å². The Kier molecular flexibility index (Phi) is 7.64. The average Bonchev–Trinajstić information content (AvgIpc) is 2.35. The summed E-state index contributed by atoms with van der Waals surface area (Å²) in [6, 6.07) is 0. The summed E-state index contributed by atoms with van der Waals surface area (Å²) in [6.45, 7) is 1.34. The van der Waals surface area contributed by atoms with Crippen molar-refractivity contribution in [3.05, 3.63) is 0 Å². The van der Waals surface area contributed by atoms with E-state index in [1.165, 1.54) is 7.11 Å². The maximum absolute atomic E-state index is 11.3. The molecule has 0 aromatic carbocycles. The first kappa shape index (κ1) is 16.9. The summed E-state index contributed by atoms with van der Waals surface area (Å²) in [5, 5.41) is 39.6. The Morgan fingerprint density at radius 2 is 1.61 bits per heavy atom. The largest absolute Gasteiger partial charge is 0.387 e. The molecular formula is C10H19NO7. The molecule has 0 saturated carbocycles. The molecule has 0 aromatic heterocycles. The first-order valence-electron chi connectivity index (χ1n) is 5.32. The molecule has 4 atom stereocenters. The van der Waals surface area contributed by atoms with Crippen LogP contribution in [0, 0.1) is 0 Å². The highest BCUT2D eigenvalue weighted by Gasteiger charge is 2.35. The van der Waals surface area contributed by atoms with Crippen molar-refractivity contribution in [2.75, 3.05) is 20.3 Å². The molecule has 0 aliphatic rings. The second-order valence-electron chi connectivity index (χ2n) is 3.77. The number of rotatable bonds is 8. The monoisotopic (exact) mass is 265 g/mol. The molecule has 0 unspecified atom stereocenters. The number of amides is 1. The lowest BCUT2D eigenvalue weighted by molar-refractivity contribution is -0.153. The van der Waals surface area contributed by atoms with Crippen LogP contribution in [-0.2, 0) is 14.3 Å². The van der Waals surface area contributed by atoms with E-state index in [4.69, 9.17) is 0 Å². The summed E-state index contributed by atoms with van der Waals surface area (Å²) in [6.07, 6.45) is -7.72. The number of carbonyl (C=O) groups is 2. The van der Waals surface area contributed by atoms with Gasteiger partial charge in [-0.25, -0.2) is 0 Å². The number of carbonyl (C=O) groups excluding carboxylic acids is 2. The zero-order chi connectivity index (χ0) is 14.3. The molecule has 0 radical (unpaired) electrons. The Morgan fingerprint density at radius 1 is 1.11 bits per heavy atom. The van der Waals surface area contributed by atoms with E-state index in [2.05, 4.69) is 10.1 Å². The van der Waals surface area contributed by atoms with Gasteiger partial charge in [-0.05, 0) is 6.92 Å². The number of methoxy groups -OCH3 is 1. The van der Waals surface area contributed by atoms with Gasteiger partial charge in [0.25, 0.3) is 5.91 Å². The first-order valence-corrected chi connectivity index (χ1v) is 5.32. The molecule has 0 aliphatic heterocycles. The standard InChI is InChI=1S/C10H19NO7/c1-5(12)6(13)7(14)8(15)9(16)10(17)11-3-4-18-2/h6-9,13-16H,3-4H2,1-2H3,(H,11,17)/t6-,7+,8+,9-/m0/s1. The van der Waals surface area contributed by atoms with Crippen LogP contribution in [0.25, 0.3) is 0 Å². The molecule has 0 aromatic rings. The van der Waals surface area contributed by atoms with Crippen molar-refractivity contribution in [1.29, 1.82) is 0 Å². The second-order valence-corrected chi connectivity index (χ2v) is 3.77. The summed E-state index contributed by atoms with van der Waals surface area (Å²) in [4.78, 5) is 22.1. The molecule has 0 spiro atoms. The van der Waals surface area contributed by atoms with Crippen LogP contribution in [-0.4, -0.2) is 76.8 Å². The zero-order valence-electron chi connectivity index (χ0n) is 10.2. The van der Waals surface area contributed by atoms with Gasteiger partial charge in [0.1, 0.15) is 18.3 Å². The van der Waals surface area contributed by atoms with Crippen molar-refractivity contribution in [2.24, 2.45) is 0 Å². The topological polar surface area (TPSA) is 136 Å². The highest BCUT2D eigenvalue weighted by molar-refractivity contribution is 5.83. The van der Waals surface area contributed by atoms with Crippen LogP contribution in [0.4, 0.5) is 0 Å². The van der Waals surface area contributed by atoms with Crippen molar-refractivity contribution in [3.8, 4) is 0 Å². The molecular weight excluding hydrogens is 246 g/mol. The maximum Gasteiger partial charge on any atom is 0.251 e. The molecule has 8 heteroatoms. The Balaban J connectivity index is 4.35. The van der Waals surface area contributed by atoms with Gasteiger partial charge >= 0.3 is 0 Å². The normalized spacial score (nSPS) is 17.7. The molecule has 1 amide bonds. The van der Waals surface area contributed by atoms with Gasteiger partial charge in [0.2, 0.25) is 0 Å². The number of hydrogen-bond acceptors (Lipinski definition) is 7. The lowest BCUT2D eigenvalue weighted by Gasteiger charge is -2.24. The fourth-order valence-electron chi connectivity index (χ4n) is 1.15. The number of nitrogens with one attached hydrogen (secondary N) is 1. The van der Waals surface area contributed by atoms with Gasteiger partial charge in [0.05, 0.1) is 6.61 Å². The molecule has 0 rings (SSSR count). The minimum Gasteiger partial charge on any atom is -0.387 e. The van der Waals surface area contributed by atoms with Crippen LogP contribution in [0.15, 0.2) is 0 Å². The van der Waals surface area contributed by atoms with Crippen molar-refractivity contribution < 1.29 is 34.8 Å². The fourth-order valence-corrected chi connectivity index (χ4v) is 1.15. The number of ether oxygens (including phenoxy) is 1. The van der Waals surface area contributed by atoms with E-state index in [0.717, 1.165) is 6.92 Å². The summed E-state index contributed by atoms with van der Waals surface area (Å²) >= 11 is 0. The summed E-state index contributed by atoms with van der Waals surface area (Å²) in [7, 11) is 1.42. The number of hydrogen-bond donors (Lipinski definition) is 5. The fraction of sp³-hybridized carbons (Fsp3) is 0.800. The number of aliphatic hydroxyl groups is 4. The van der Waals surface area contributed by atoms with Gasteiger partial charge in [0, 0.05) is 13.7 Å². The quantitative estimate of drug-likeness (QED) is 0.291. The van der Waals surface area contributed by atoms with Crippen LogP contribution in [0.2, 0.25) is 0 Å². The third kappa shape index (κ3) is 5.07. The predicted molar refractivity (Wildman–Crippen MR) is 59.6 cm³/mol. The third-order valence-corrected chi connectivity index (χ3v) is 2.29. The summed E-state index contributed by atoms with van der Waals surface area (Å²) in [5.74, 6) is -1.72. The highest BCUT2D eigenvalue weighted by Crippen LogP contribution is 2.06. The third-order valence-electron chi connectivity index (χ3n) is 2.29. The lowest BCUT2D eigenvalue weighted by Crippen LogP contribution is -2.52. The first-order chi connectivity index (χ1) is 8.32. The molecule has 8 nitrogen and oxygen atoms in total. The Morgan fingerprint density at radius 3 is 2.06 bits per heavy atom. The minimum absolute atomic E-state index is 0.116. The molecule has 0 heterocycles. The van der Waals surface area contributed by atoms with E-state index in [-0.39, 0.29) is 13.2 Å². The highest BCUT2D eigenvalue weighted by atomic mass is 16.5. The number of Topliss-reactive ketones (excluding diaryl/α,β-unsaturated/α-hetero) is 1. The summed E-state index contributed by atoms with van der Waals surface area (Å²) in [5.41, 5.74) is 0. The van der Waals surface area contributed by atoms with Gasteiger partial charge in [-0.15, -0.1) is 0 Å². The van der Waals surface area contributed by atoms with E-state index in [1.54, 1.807) is 0 Å². The Hall–Kier alpha value is -1.06. The van der Waals surface area contributed by atoms with Crippen LogP contribution >= 0.6 is 0 Å². The van der Waals surface area contributed by atoms with Crippen molar-refractivity contribution in [3.63, 3.8) is 0 Å². The van der Waals surface area contributed by atoms with Crippen molar-refractivity contribution >= 4 is 11.7 Å². The SMILES string of the molecule is COCCNC(=O)[C@@H](O)[C@H](O)[C@H](O)[C@@H](O)C(C)=O. The summed E-state index contributed by atoms with van der Waals surface area (Å²) < 4.78 is 4.66. The maximum atomic E-state index is 11.3. The molecule has 0 aliphatic carbocycles. The van der Waals surface area contributed by atoms with Gasteiger partial charge in [-0.1, -0.05) is 0 Å². The van der Waals surface area contributed by atoms with Gasteiger partial charge in [-0.3, -0.25) is 9.59 Å².